The molecule has 1 aromatic heterocycles. The first-order valence-electron chi connectivity index (χ1n) is 8.97. The second-order valence-corrected chi connectivity index (χ2v) is 6.65. The van der Waals surface area contributed by atoms with E-state index in [4.69, 9.17) is 13.9 Å². The number of esters is 1. The van der Waals surface area contributed by atoms with Gasteiger partial charge in [-0.25, -0.2) is 4.79 Å². The van der Waals surface area contributed by atoms with Crippen LogP contribution in [0.4, 0.5) is 0 Å². The molecule has 1 heterocycles. The maximum atomic E-state index is 11.8. The first-order chi connectivity index (χ1) is 12.9. The van der Waals surface area contributed by atoms with Gasteiger partial charge in [0.1, 0.15) is 24.5 Å². The summed E-state index contributed by atoms with van der Waals surface area (Å²) in [5, 5.41) is 0.788. The summed E-state index contributed by atoms with van der Waals surface area (Å²) in [7, 11) is 0. The maximum absolute atomic E-state index is 11.8. The Morgan fingerprint density at radius 1 is 1.19 bits per heavy atom. The lowest BCUT2D eigenvalue weighted by Crippen LogP contribution is -2.06. The predicted molar refractivity (Wildman–Crippen MR) is 106 cm³/mol. The topological polar surface area (TPSA) is 65.7 Å². The van der Waals surface area contributed by atoms with Crippen molar-refractivity contribution in [3.8, 4) is 5.75 Å². The Morgan fingerprint density at radius 3 is 2.67 bits per heavy atom. The van der Waals surface area contributed by atoms with Gasteiger partial charge in [0.2, 0.25) is 0 Å². The molecular weight excluding hydrogens is 344 g/mol. The van der Waals surface area contributed by atoms with Gasteiger partial charge in [-0.1, -0.05) is 23.8 Å². The molecule has 0 aliphatic heterocycles. The number of carbonyl (C=O) groups is 1. The van der Waals surface area contributed by atoms with Crippen molar-refractivity contribution in [2.24, 2.45) is 0 Å². The van der Waals surface area contributed by atoms with Gasteiger partial charge in [0.15, 0.2) is 0 Å². The molecule has 0 amide bonds. The van der Waals surface area contributed by atoms with Crippen molar-refractivity contribution in [1.29, 1.82) is 0 Å². The molecule has 2 rings (SSSR count). The third-order valence-corrected chi connectivity index (χ3v) is 4.03. The fourth-order valence-corrected chi connectivity index (χ4v) is 2.70. The van der Waals surface area contributed by atoms with Gasteiger partial charge in [-0.05, 0) is 56.9 Å². The van der Waals surface area contributed by atoms with Gasteiger partial charge in [-0.3, -0.25) is 4.79 Å². The van der Waals surface area contributed by atoms with E-state index in [9.17, 15) is 9.59 Å². The van der Waals surface area contributed by atoms with E-state index in [0.717, 1.165) is 29.4 Å². The summed E-state index contributed by atoms with van der Waals surface area (Å²) < 4.78 is 16.2. The Kier molecular flexibility index (Phi) is 7.41. The summed E-state index contributed by atoms with van der Waals surface area (Å²) in [6.07, 6.45) is 5.69. The number of allylic oxidation sites excluding steroid dienone is 2. The highest BCUT2D eigenvalue weighted by atomic mass is 16.5. The fraction of sp³-hybridized carbons (Fsp3) is 0.364. The normalized spacial score (nSPS) is 11.3. The monoisotopic (exact) mass is 370 g/mol. The minimum absolute atomic E-state index is 0.242. The summed E-state index contributed by atoms with van der Waals surface area (Å²) in [4.78, 5) is 22.9. The van der Waals surface area contributed by atoms with E-state index < -0.39 is 5.63 Å². The molecule has 0 radical (unpaired) electrons. The Bertz CT molecular complexity index is 914. The summed E-state index contributed by atoms with van der Waals surface area (Å²) >= 11 is 0. The average molecular weight is 370 g/mol. The lowest BCUT2D eigenvalue weighted by molar-refractivity contribution is -0.140. The van der Waals surface area contributed by atoms with Crippen molar-refractivity contribution in [3.05, 3.63) is 63.5 Å². The summed E-state index contributed by atoms with van der Waals surface area (Å²) in [5.41, 5.74) is 3.25. The number of benzene rings is 1. The first kappa shape index (κ1) is 20.5. The van der Waals surface area contributed by atoms with E-state index in [-0.39, 0.29) is 19.2 Å². The van der Waals surface area contributed by atoms with Crippen LogP contribution in [0.25, 0.3) is 11.0 Å². The summed E-state index contributed by atoms with van der Waals surface area (Å²) in [5.74, 6) is 0.179. The van der Waals surface area contributed by atoms with Crippen LogP contribution in [0.2, 0.25) is 0 Å². The Hall–Kier alpha value is -2.82. The smallest absolute Gasteiger partial charge is 0.339 e. The molecule has 144 valence electrons. The number of carbonyl (C=O) groups excluding carboxylic acids is 1. The highest BCUT2D eigenvalue weighted by Crippen LogP contribution is 2.27. The molecule has 0 unspecified atom stereocenters. The minimum atomic E-state index is -0.448. The highest BCUT2D eigenvalue weighted by molar-refractivity contribution is 5.86. The van der Waals surface area contributed by atoms with Crippen molar-refractivity contribution >= 4 is 16.9 Å². The zero-order valence-corrected chi connectivity index (χ0v) is 16.3. The zero-order valence-electron chi connectivity index (χ0n) is 16.3. The van der Waals surface area contributed by atoms with Crippen LogP contribution in [-0.4, -0.2) is 19.2 Å². The van der Waals surface area contributed by atoms with E-state index in [1.807, 2.05) is 39.0 Å². The lowest BCUT2D eigenvalue weighted by Gasteiger charge is -2.10. The molecule has 2 aromatic rings. The molecule has 5 heteroatoms. The molecule has 0 spiro atoms. The second-order valence-electron chi connectivity index (χ2n) is 6.65. The number of rotatable bonds is 8. The molecule has 0 fully saturated rings. The molecule has 5 nitrogen and oxygen atoms in total. The lowest BCUT2D eigenvalue weighted by atomic mass is 10.1. The van der Waals surface area contributed by atoms with Crippen LogP contribution >= 0.6 is 0 Å². The van der Waals surface area contributed by atoms with Crippen LogP contribution in [0.15, 0.2) is 56.8 Å². The minimum Gasteiger partial charge on any atom is -0.488 e. The van der Waals surface area contributed by atoms with Gasteiger partial charge in [-0.15, -0.1) is 0 Å². The van der Waals surface area contributed by atoms with Crippen LogP contribution < -0.4 is 10.4 Å². The number of aryl methyl sites for hydroxylation is 1. The van der Waals surface area contributed by atoms with Gasteiger partial charge in [0.25, 0.3) is 0 Å². The third-order valence-electron chi connectivity index (χ3n) is 4.03. The molecule has 0 saturated heterocycles. The van der Waals surface area contributed by atoms with Crippen LogP contribution in [0.1, 0.15) is 39.2 Å². The van der Waals surface area contributed by atoms with E-state index in [2.05, 4.69) is 6.08 Å². The standard InChI is InChI=1S/C22H26O5/c1-15(2)7-5-9-18(14-26-17(4)23)11-12-25-20-13-21(24)27-19-10-6-8-16(3)22(19)20/h6-8,10-11,13H,5,9,12,14H2,1-4H3/b18-11-. The predicted octanol–water partition coefficient (Wildman–Crippen LogP) is 4.72. The maximum Gasteiger partial charge on any atom is 0.339 e. The quantitative estimate of drug-likeness (QED) is 0.382. The van der Waals surface area contributed by atoms with Crippen LogP contribution in [0, 0.1) is 6.92 Å². The van der Waals surface area contributed by atoms with Crippen LogP contribution in [0.3, 0.4) is 0 Å². The van der Waals surface area contributed by atoms with Gasteiger partial charge < -0.3 is 13.9 Å². The SMILES string of the molecule is CC(=O)OC/C(=C\COc1cc(=O)oc2cccc(C)c12)CCC=C(C)C. The molecule has 0 aliphatic rings. The number of fused-ring (bicyclic) bond motifs is 1. The Balaban J connectivity index is 2.16. The van der Waals surface area contributed by atoms with Gasteiger partial charge >= 0.3 is 11.6 Å². The largest absolute Gasteiger partial charge is 0.488 e. The van der Waals surface area contributed by atoms with E-state index >= 15 is 0 Å². The molecule has 27 heavy (non-hydrogen) atoms. The van der Waals surface area contributed by atoms with Crippen LogP contribution in [-0.2, 0) is 9.53 Å². The number of hydrogen-bond acceptors (Lipinski definition) is 5. The van der Waals surface area contributed by atoms with Crippen molar-refractivity contribution < 1.29 is 18.7 Å². The highest BCUT2D eigenvalue weighted by Gasteiger charge is 2.09. The Morgan fingerprint density at radius 2 is 1.96 bits per heavy atom. The molecular formula is C22H26O5. The van der Waals surface area contributed by atoms with E-state index in [0.29, 0.717) is 11.3 Å². The van der Waals surface area contributed by atoms with Gasteiger partial charge in [0.05, 0.1) is 11.5 Å². The van der Waals surface area contributed by atoms with Gasteiger partial charge in [0, 0.05) is 6.92 Å². The van der Waals surface area contributed by atoms with Crippen molar-refractivity contribution in [3.63, 3.8) is 0 Å². The van der Waals surface area contributed by atoms with Crippen molar-refractivity contribution in [1.82, 2.24) is 0 Å². The van der Waals surface area contributed by atoms with E-state index in [1.165, 1.54) is 18.6 Å². The Labute approximate surface area is 159 Å². The molecule has 0 N–H and O–H groups in total. The number of hydrogen-bond donors (Lipinski definition) is 0. The third kappa shape index (κ3) is 6.44. The molecule has 1 aromatic carbocycles. The number of ether oxygens (including phenoxy) is 2. The summed E-state index contributed by atoms with van der Waals surface area (Å²) in [6, 6.07) is 6.89. The molecule has 0 aliphatic carbocycles. The zero-order chi connectivity index (χ0) is 19.8. The van der Waals surface area contributed by atoms with Crippen molar-refractivity contribution in [2.75, 3.05) is 13.2 Å². The fourth-order valence-electron chi connectivity index (χ4n) is 2.70. The van der Waals surface area contributed by atoms with Crippen molar-refractivity contribution in [2.45, 2.75) is 40.5 Å². The molecule has 0 saturated carbocycles. The molecule has 0 bridgehead atoms. The second kappa shape index (κ2) is 9.76. The van der Waals surface area contributed by atoms with E-state index in [1.54, 1.807) is 6.07 Å². The summed E-state index contributed by atoms with van der Waals surface area (Å²) in [6.45, 7) is 7.95. The average Bonchev–Trinajstić information content (AvgIpc) is 2.58. The first-order valence-corrected chi connectivity index (χ1v) is 8.97. The van der Waals surface area contributed by atoms with Gasteiger partial charge in [-0.2, -0.15) is 0 Å². The van der Waals surface area contributed by atoms with Crippen LogP contribution in [0.5, 0.6) is 5.75 Å². The molecule has 0 atom stereocenters.